The summed E-state index contributed by atoms with van der Waals surface area (Å²) in [6.07, 6.45) is 0. The average molecular weight is 597 g/mol. The molecule has 0 saturated heterocycles. The van der Waals surface area contributed by atoms with Crippen LogP contribution in [0.5, 0.6) is 0 Å². The molecule has 0 fully saturated rings. The van der Waals surface area contributed by atoms with Crippen molar-refractivity contribution in [3.8, 4) is 33.4 Å². The van der Waals surface area contributed by atoms with Gasteiger partial charge in [-0.25, -0.2) is 0 Å². The normalized spacial score (nSPS) is 13.5. The average Bonchev–Trinajstić information content (AvgIpc) is 3.37. The number of fused-ring (bicyclic) bond motifs is 10. The standard InChI is InChI=1S/C47H32/c1-47(2)41-25-13-24-39(46(41)45-32-17-6-3-14-29(32)26-27-42(45)47)43-35-20-9-11-22-37(35)44(38-23-12-10-21-36(38)43)40-28-30-15-4-5-16-31(30)33-18-7-8-19-34(33)40/h3-28H,1-2H3. The summed E-state index contributed by atoms with van der Waals surface area (Å²) in [5.74, 6) is 0. The van der Waals surface area contributed by atoms with Gasteiger partial charge in [0.2, 0.25) is 0 Å². The van der Waals surface area contributed by atoms with Gasteiger partial charge in [-0.15, -0.1) is 0 Å². The molecule has 0 spiro atoms. The molecule has 1 aliphatic carbocycles. The molecule has 0 radical (unpaired) electrons. The van der Waals surface area contributed by atoms with Crippen LogP contribution in [0.1, 0.15) is 25.0 Å². The molecule has 9 aromatic carbocycles. The first kappa shape index (κ1) is 26.5. The summed E-state index contributed by atoms with van der Waals surface area (Å²) in [4.78, 5) is 0. The van der Waals surface area contributed by atoms with E-state index in [1.807, 2.05) is 0 Å². The molecule has 220 valence electrons. The molecule has 0 nitrogen and oxygen atoms in total. The number of benzene rings is 9. The van der Waals surface area contributed by atoms with Crippen LogP contribution in [0.4, 0.5) is 0 Å². The van der Waals surface area contributed by atoms with Crippen molar-refractivity contribution in [2.75, 3.05) is 0 Å². The van der Waals surface area contributed by atoms with E-state index < -0.39 is 0 Å². The Bertz CT molecular complexity index is 2700. The molecular formula is C47H32. The van der Waals surface area contributed by atoms with Crippen LogP contribution < -0.4 is 0 Å². The SMILES string of the molecule is CC1(C)c2cccc(-c3c4ccccc4c(-c4cc5ccccc5c5ccccc45)c4ccccc34)c2-c2c1ccc1ccccc21. The van der Waals surface area contributed by atoms with Gasteiger partial charge in [-0.05, 0) is 104 Å². The van der Waals surface area contributed by atoms with Crippen molar-refractivity contribution >= 4 is 53.9 Å². The first-order valence-corrected chi connectivity index (χ1v) is 16.6. The van der Waals surface area contributed by atoms with Crippen LogP contribution in [0.15, 0.2) is 158 Å². The quantitative estimate of drug-likeness (QED) is 0.138. The lowest BCUT2D eigenvalue weighted by molar-refractivity contribution is 0.661. The molecule has 47 heavy (non-hydrogen) atoms. The minimum atomic E-state index is -0.0970. The molecule has 0 aromatic heterocycles. The molecule has 0 aliphatic heterocycles. The Morgan fingerprint density at radius 1 is 0.298 bits per heavy atom. The van der Waals surface area contributed by atoms with E-state index in [0.717, 1.165) is 0 Å². The van der Waals surface area contributed by atoms with Crippen LogP contribution >= 0.6 is 0 Å². The summed E-state index contributed by atoms with van der Waals surface area (Å²) < 4.78 is 0. The van der Waals surface area contributed by atoms with Crippen molar-refractivity contribution in [3.63, 3.8) is 0 Å². The van der Waals surface area contributed by atoms with E-state index in [-0.39, 0.29) is 5.41 Å². The molecule has 9 aromatic rings. The van der Waals surface area contributed by atoms with Gasteiger partial charge >= 0.3 is 0 Å². The fourth-order valence-corrected chi connectivity index (χ4v) is 8.73. The Labute approximate surface area is 274 Å². The second-order valence-corrected chi connectivity index (χ2v) is 13.6. The summed E-state index contributed by atoms with van der Waals surface area (Å²) in [7, 11) is 0. The predicted molar refractivity (Wildman–Crippen MR) is 202 cm³/mol. The van der Waals surface area contributed by atoms with Crippen LogP contribution in [0, 0.1) is 0 Å². The maximum Gasteiger partial charge on any atom is 0.0159 e. The fraction of sp³-hybridized carbons (Fsp3) is 0.0638. The third-order valence-corrected chi connectivity index (χ3v) is 10.8. The number of rotatable bonds is 2. The van der Waals surface area contributed by atoms with Gasteiger partial charge in [0, 0.05) is 5.41 Å². The highest BCUT2D eigenvalue weighted by Gasteiger charge is 2.38. The molecule has 0 atom stereocenters. The van der Waals surface area contributed by atoms with Gasteiger partial charge in [0.15, 0.2) is 0 Å². The van der Waals surface area contributed by atoms with Crippen LogP contribution in [-0.2, 0) is 5.41 Å². The van der Waals surface area contributed by atoms with Gasteiger partial charge < -0.3 is 0 Å². The lowest BCUT2D eigenvalue weighted by Crippen LogP contribution is -2.14. The van der Waals surface area contributed by atoms with Crippen molar-refractivity contribution in [2.24, 2.45) is 0 Å². The second kappa shape index (κ2) is 9.64. The Hall–Kier alpha value is -5.72. The topological polar surface area (TPSA) is 0 Å². The third-order valence-electron chi connectivity index (χ3n) is 10.8. The summed E-state index contributed by atoms with van der Waals surface area (Å²) in [6, 6.07) is 58.8. The van der Waals surface area contributed by atoms with E-state index >= 15 is 0 Å². The largest absolute Gasteiger partial charge is 0.0616 e. The van der Waals surface area contributed by atoms with Crippen molar-refractivity contribution < 1.29 is 0 Å². The first-order valence-electron chi connectivity index (χ1n) is 16.6. The first-order chi connectivity index (χ1) is 23.1. The molecule has 1 aliphatic rings. The Balaban J connectivity index is 1.38. The second-order valence-electron chi connectivity index (χ2n) is 13.6. The van der Waals surface area contributed by atoms with Crippen LogP contribution in [0.2, 0.25) is 0 Å². The van der Waals surface area contributed by atoms with E-state index in [9.17, 15) is 0 Å². The lowest BCUT2D eigenvalue weighted by atomic mass is 9.80. The molecule has 0 amide bonds. The van der Waals surface area contributed by atoms with Crippen LogP contribution in [-0.4, -0.2) is 0 Å². The number of hydrogen-bond donors (Lipinski definition) is 0. The summed E-state index contributed by atoms with van der Waals surface area (Å²) in [6.45, 7) is 4.78. The molecule has 0 bridgehead atoms. The van der Waals surface area contributed by atoms with E-state index in [2.05, 4.69) is 172 Å². The molecule has 0 saturated carbocycles. The molecule has 0 heterocycles. The third kappa shape index (κ3) is 3.59. The predicted octanol–water partition coefficient (Wildman–Crippen LogP) is 13.1. The molecule has 0 N–H and O–H groups in total. The van der Waals surface area contributed by atoms with E-state index in [1.165, 1.54) is 98.4 Å². The van der Waals surface area contributed by atoms with E-state index in [0.29, 0.717) is 0 Å². The highest BCUT2D eigenvalue weighted by Crippen LogP contribution is 2.56. The van der Waals surface area contributed by atoms with Gasteiger partial charge in [0.1, 0.15) is 0 Å². The van der Waals surface area contributed by atoms with Crippen molar-refractivity contribution in [2.45, 2.75) is 19.3 Å². The van der Waals surface area contributed by atoms with Gasteiger partial charge in [0.25, 0.3) is 0 Å². The van der Waals surface area contributed by atoms with Crippen molar-refractivity contribution in [1.82, 2.24) is 0 Å². The molecule has 0 heteroatoms. The van der Waals surface area contributed by atoms with Crippen LogP contribution in [0.25, 0.3) is 87.2 Å². The Morgan fingerprint density at radius 3 is 1.45 bits per heavy atom. The zero-order valence-corrected chi connectivity index (χ0v) is 26.5. The Kier molecular flexibility index (Phi) is 5.44. The molecule has 0 unspecified atom stereocenters. The minimum absolute atomic E-state index is 0.0970. The highest BCUT2D eigenvalue weighted by molar-refractivity contribution is 6.27. The minimum Gasteiger partial charge on any atom is -0.0616 e. The van der Waals surface area contributed by atoms with Gasteiger partial charge in [0.05, 0.1) is 0 Å². The van der Waals surface area contributed by atoms with Gasteiger partial charge in [-0.2, -0.15) is 0 Å². The molecular weight excluding hydrogens is 565 g/mol. The zero-order chi connectivity index (χ0) is 31.3. The van der Waals surface area contributed by atoms with Crippen LogP contribution in [0.3, 0.4) is 0 Å². The fourth-order valence-electron chi connectivity index (χ4n) is 8.73. The maximum atomic E-state index is 2.41. The van der Waals surface area contributed by atoms with Crippen molar-refractivity contribution in [1.29, 1.82) is 0 Å². The summed E-state index contributed by atoms with van der Waals surface area (Å²) >= 11 is 0. The van der Waals surface area contributed by atoms with E-state index in [4.69, 9.17) is 0 Å². The Morgan fingerprint density at radius 2 is 0.787 bits per heavy atom. The summed E-state index contributed by atoms with van der Waals surface area (Å²) in [5.41, 5.74) is 10.7. The summed E-state index contributed by atoms with van der Waals surface area (Å²) in [5, 5.41) is 12.9. The maximum absolute atomic E-state index is 2.41. The molecule has 10 rings (SSSR count). The van der Waals surface area contributed by atoms with Gasteiger partial charge in [-0.1, -0.05) is 166 Å². The van der Waals surface area contributed by atoms with E-state index in [1.54, 1.807) is 0 Å². The zero-order valence-electron chi connectivity index (χ0n) is 26.5. The number of hydrogen-bond acceptors (Lipinski definition) is 0. The van der Waals surface area contributed by atoms with Gasteiger partial charge in [-0.3, -0.25) is 0 Å². The highest BCUT2D eigenvalue weighted by atomic mass is 14.4. The van der Waals surface area contributed by atoms with Crippen molar-refractivity contribution in [3.05, 3.63) is 169 Å². The monoisotopic (exact) mass is 596 g/mol. The smallest absolute Gasteiger partial charge is 0.0159 e. The lowest BCUT2D eigenvalue weighted by Gasteiger charge is -2.23.